The number of hydrogen-bond donors (Lipinski definition) is 1. The average molecular weight is 320 g/mol. The molecule has 0 aliphatic heterocycles. The Morgan fingerprint density at radius 1 is 1.05 bits per heavy atom. The maximum Gasteiger partial charge on any atom is 0.135 e. The van der Waals surface area contributed by atoms with Gasteiger partial charge in [-0.2, -0.15) is 0 Å². The minimum Gasteiger partial charge on any atom is -0.495 e. The second-order valence-corrected chi connectivity index (χ2v) is 5.48. The SMILES string of the molecule is COc1cc(NCc2ccc(C)c(C)c2)ccc1Br. The molecule has 0 aliphatic rings. The topological polar surface area (TPSA) is 21.3 Å². The third kappa shape index (κ3) is 3.51. The molecule has 2 nitrogen and oxygen atoms in total. The molecule has 19 heavy (non-hydrogen) atoms. The quantitative estimate of drug-likeness (QED) is 0.883. The fourth-order valence-corrected chi connectivity index (χ4v) is 2.30. The van der Waals surface area contributed by atoms with Gasteiger partial charge in [0.15, 0.2) is 0 Å². The molecule has 0 spiro atoms. The highest BCUT2D eigenvalue weighted by Gasteiger charge is 2.02. The molecule has 1 N–H and O–H groups in total. The molecule has 0 saturated heterocycles. The van der Waals surface area contributed by atoms with Crippen LogP contribution < -0.4 is 10.1 Å². The monoisotopic (exact) mass is 319 g/mol. The lowest BCUT2D eigenvalue weighted by atomic mass is 10.1. The van der Waals surface area contributed by atoms with Crippen LogP contribution in [0.4, 0.5) is 5.69 Å². The lowest BCUT2D eigenvalue weighted by molar-refractivity contribution is 0.412. The standard InChI is InChI=1S/C16H18BrNO/c1-11-4-5-13(8-12(11)2)10-18-14-6-7-15(17)16(9-14)19-3/h4-9,18H,10H2,1-3H3. The fraction of sp³-hybridized carbons (Fsp3) is 0.250. The molecular formula is C16H18BrNO. The molecule has 0 bridgehead atoms. The van der Waals surface area contributed by atoms with E-state index >= 15 is 0 Å². The second kappa shape index (κ2) is 6.11. The van der Waals surface area contributed by atoms with Crippen molar-refractivity contribution in [2.24, 2.45) is 0 Å². The first kappa shape index (κ1) is 13.9. The highest BCUT2D eigenvalue weighted by Crippen LogP contribution is 2.28. The molecule has 0 fully saturated rings. The van der Waals surface area contributed by atoms with Crippen LogP contribution in [0.3, 0.4) is 0 Å². The zero-order chi connectivity index (χ0) is 13.8. The minimum atomic E-state index is 0.811. The van der Waals surface area contributed by atoms with Crippen LogP contribution in [0.2, 0.25) is 0 Å². The smallest absolute Gasteiger partial charge is 0.135 e. The lowest BCUT2D eigenvalue weighted by Crippen LogP contribution is -2.00. The van der Waals surface area contributed by atoms with Crippen LogP contribution >= 0.6 is 15.9 Å². The summed E-state index contributed by atoms with van der Waals surface area (Å²) in [6.07, 6.45) is 0. The number of rotatable bonds is 4. The molecule has 100 valence electrons. The van der Waals surface area contributed by atoms with E-state index in [-0.39, 0.29) is 0 Å². The van der Waals surface area contributed by atoms with E-state index in [0.29, 0.717) is 0 Å². The number of benzene rings is 2. The summed E-state index contributed by atoms with van der Waals surface area (Å²) < 4.78 is 6.25. The summed E-state index contributed by atoms with van der Waals surface area (Å²) in [7, 11) is 1.67. The number of ether oxygens (including phenoxy) is 1. The van der Waals surface area contributed by atoms with Crippen molar-refractivity contribution in [1.82, 2.24) is 0 Å². The Bertz CT molecular complexity index is 581. The van der Waals surface area contributed by atoms with E-state index in [1.165, 1.54) is 16.7 Å². The minimum absolute atomic E-state index is 0.811. The van der Waals surface area contributed by atoms with Crippen LogP contribution in [0.5, 0.6) is 5.75 Å². The summed E-state index contributed by atoms with van der Waals surface area (Å²) in [6.45, 7) is 5.08. The summed E-state index contributed by atoms with van der Waals surface area (Å²) in [6, 6.07) is 12.6. The Kier molecular flexibility index (Phi) is 4.48. The summed E-state index contributed by atoms with van der Waals surface area (Å²) >= 11 is 3.45. The molecule has 0 aromatic heterocycles. The van der Waals surface area contributed by atoms with Crippen LogP contribution in [-0.2, 0) is 6.54 Å². The van der Waals surface area contributed by atoms with Crippen molar-refractivity contribution in [3.8, 4) is 5.75 Å². The fourth-order valence-electron chi connectivity index (χ4n) is 1.89. The van der Waals surface area contributed by atoms with Gasteiger partial charge in [0.2, 0.25) is 0 Å². The van der Waals surface area contributed by atoms with E-state index < -0.39 is 0 Å². The van der Waals surface area contributed by atoms with E-state index in [9.17, 15) is 0 Å². The van der Waals surface area contributed by atoms with Gasteiger partial charge in [0.05, 0.1) is 11.6 Å². The van der Waals surface area contributed by atoms with Gasteiger partial charge in [-0.05, 0) is 58.6 Å². The Hall–Kier alpha value is -1.48. The Morgan fingerprint density at radius 2 is 1.84 bits per heavy atom. The van der Waals surface area contributed by atoms with Gasteiger partial charge in [-0.1, -0.05) is 18.2 Å². The Balaban J connectivity index is 2.07. The van der Waals surface area contributed by atoms with Gasteiger partial charge in [0.25, 0.3) is 0 Å². The molecule has 2 aromatic carbocycles. The van der Waals surface area contributed by atoms with Crippen LogP contribution in [0, 0.1) is 13.8 Å². The molecule has 3 heteroatoms. The predicted octanol–water partition coefficient (Wildman–Crippen LogP) is 4.69. The zero-order valence-corrected chi connectivity index (χ0v) is 13.0. The highest BCUT2D eigenvalue weighted by molar-refractivity contribution is 9.10. The van der Waals surface area contributed by atoms with Gasteiger partial charge < -0.3 is 10.1 Å². The van der Waals surface area contributed by atoms with Crippen molar-refractivity contribution < 1.29 is 4.74 Å². The average Bonchev–Trinajstić information content (AvgIpc) is 2.41. The first-order chi connectivity index (χ1) is 9.10. The maximum atomic E-state index is 5.29. The molecule has 0 atom stereocenters. The van der Waals surface area contributed by atoms with Gasteiger partial charge in [0.1, 0.15) is 5.75 Å². The van der Waals surface area contributed by atoms with E-state index in [2.05, 4.69) is 53.3 Å². The van der Waals surface area contributed by atoms with Crippen LogP contribution in [0.1, 0.15) is 16.7 Å². The molecular weight excluding hydrogens is 302 g/mol. The molecule has 0 saturated carbocycles. The van der Waals surface area contributed by atoms with Crippen molar-refractivity contribution in [2.45, 2.75) is 20.4 Å². The normalized spacial score (nSPS) is 10.3. The number of methoxy groups -OCH3 is 1. The van der Waals surface area contributed by atoms with Crippen LogP contribution in [0.15, 0.2) is 40.9 Å². The molecule has 0 aliphatic carbocycles. The van der Waals surface area contributed by atoms with Gasteiger partial charge in [-0.3, -0.25) is 0 Å². The third-order valence-corrected chi connectivity index (χ3v) is 3.87. The summed E-state index contributed by atoms with van der Waals surface area (Å²) in [5.74, 6) is 0.838. The van der Waals surface area contributed by atoms with E-state index in [1.54, 1.807) is 7.11 Å². The molecule has 0 heterocycles. The molecule has 2 rings (SSSR count). The van der Waals surface area contributed by atoms with Crippen molar-refractivity contribution in [3.63, 3.8) is 0 Å². The number of hydrogen-bond acceptors (Lipinski definition) is 2. The number of aryl methyl sites for hydroxylation is 2. The zero-order valence-electron chi connectivity index (χ0n) is 11.5. The highest BCUT2D eigenvalue weighted by atomic mass is 79.9. The molecule has 0 amide bonds. The van der Waals surface area contributed by atoms with Crippen LogP contribution in [0.25, 0.3) is 0 Å². The van der Waals surface area contributed by atoms with Gasteiger partial charge >= 0.3 is 0 Å². The van der Waals surface area contributed by atoms with Crippen molar-refractivity contribution >= 4 is 21.6 Å². The molecule has 0 unspecified atom stereocenters. The Morgan fingerprint density at radius 3 is 2.53 bits per heavy atom. The number of nitrogens with one attached hydrogen (secondary N) is 1. The summed E-state index contributed by atoms with van der Waals surface area (Å²) in [5.41, 5.74) is 4.99. The Labute approximate surface area is 122 Å². The summed E-state index contributed by atoms with van der Waals surface area (Å²) in [4.78, 5) is 0. The van der Waals surface area contributed by atoms with Crippen molar-refractivity contribution in [1.29, 1.82) is 0 Å². The number of halogens is 1. The van der Waals surface area contributed by atoms with Crippen molar-refractivity contribution in [3.05, 3.63) is 57.6 Å². The number of anilines is 1. The maximum absolute atomic E-state index is 5.29. The van der Waals surface area contributed by atoms with E-state index in [4.69, 9.17) is 4.74 Å². The lowest BCUT2D eigenvalue weighted by Gasteiger charge is -2.10. The van der Waals surface area contributed by atoms with Crippen LogP contribution in [-0.4, -0.2) is 7.11 Å². The van der Waals surface area contributed by atoms with Gasteiger partial charge in [-0.15, -0.1) is 0 Å². The van der Waals surface area contributed by atoms with E-state index in [1.807, 2.05) is 18.2 Å². The second-order valence-electron chi connectivity index (χ2n) is 4.62. The van der Waals surface area contributed by atoms with Crippen molar-refractivity contribution in [2.75, 3.05) is 12.4 Å². The largest absolute Gasteiger partial charge is 0.495 e. The molecule has 0 radical (unpaired) electrons. The van der Waals surface area contributed by atoms with Gasteiger partial charge in [0, 0.05) is 18.3 Å². The van der Waals surface area contributed by atoms with E-state index in [0.717, 1.165) is 22.5 Å². The summed E-state index contributed by atoms with van der Waals surface area (Å²) in [5, 5.41) is 3.41. The predicted molar refractivity (Wildman–Crippen MR) is 83.9 cm³/mol. The molecule has 2 aromatic rings. The first-order valence-corrected chi connectivity index (χ1v) is 7.03. The first-order valence-electron chi connectivity index (χ1n) is 6.23. The third-order valence-electron chi connectivity index (χ3n) is 3.22. The van der Waals surface area contributed by atoms with Gasteiger partial charge in [-0.25, -0.2) is 0 Å².